The molecule has 1 N–H and O–H groups in total. The first kappa shape index (κ1) is 22.9. The fourth-order valence-electron chi connectivity index (χ4n) is 4.31. The Kier molecular flexibility index (Phi) is 5.69. The highest BCUT2D eigenvalue weighted by molar-refractivity contribution is 6.30. The van der Waals surface area contributed by atoms with Gasteiger partial charge < -0.3 is 28.8 Å². The van der Waals surface area contributed by atoms with E-state index in [-0.39, 0.29) is 30.2 Å². The molecule has 3 aromatic carbocycles. The first-order chi connectivity index (χ1) is 18.0. The molecule has 9 nitrogen and oxygen atoms in total. The Hall–Kier alpha value is -4.50. The zero-order valence-corrected chi connectivity index (χ0v) is 20.0. The second-order valence-corrected chi connectivity index (χ2v) is 8.90. The molecule has 0 radical (unpaired) electrons. The lowest BCUT2D eigenvalue weighted by atomic mass is 10.0. The molecule has 0 saturated heterocycles. The van der Waals surface area contributed by atoms with Gasteiger partial charge in [-0.2, -0.15) is 0 Å². The molecule has 1 amide bonds. The molecule has 0 spiro atoms. The van der Waals surface area contributed by atoms with Crippen molar-refractivity contribution in [1.82, 2.24) is 4.57 Å². The molecule has 10 heteroatoms. The van der Waals surface area contributed by atoms with Crippen molar-refractivity contribution < 1.29 is 28.5 Å². The van der Waals surface area contributed by atoms with Gasteiger partial charge in [-0.15, -0.1) is 0 Å². The summed E-state index contributed by atoms with van der Waals surface area (Å²) in [6.07, 6.45) is 1.40. The third kappa shape index (κ3) is 4.34. The summed E-state index contributed by atoms with van der Waals surface area (Å²) in [6.45, 7) is 0.650. The van der Waals surface area contributed by atoms with Crippen molar-refractivity contribution in [2.75, 3.05) is 25.3 Å². The van der Waals surface area contributed by atoms with Crippen LogP contribution in [-0.4, -0.2) is 36.3 Å². The molecule has 0 bridgehead atoms. The van der Waals surface area contributed by atoms with Crippen molar-refractivity contribution in [2.45, 2.75) is 6.54 Å². The van der Waals surface area contributed by atoms with Gasteiger partial charge in [0.2, 0.25) is 18.1 Å². The second kappa shape index (κ2) is 9.18. The number of ether oxygens (including phenoxy) is 4. The molecule has 37 heavy (non-hydrogen) atoms. The number of amides is 1. The highest BCUT2D eigenvalue weighted by Gasteiger charge is 2.22. The first-order valence-electron chi connectivity index (χ1n) is 11.4. The van der Waals surface area contributed by atoms with Crippen LogP contribution in [-0.2, 0) is 11.3 Å². The third-order valence-electron chi connectivity index (χ3n) is 6.07. The molecule has 1 aromatic heterocycles. The van der Waals surface area contributed by atoms with Gasteiger partial charge in [0.25, 0.3) is 0 Å². The molecule has 0 fully saturated rings. The summed E-state index contributed by atoms with van der Waals surface area (Å²) in [5.74, 6) is 1.14. The Labute approximate surface area is 215 Å². The highest BCUT2D eigenvalue weighted by atomic mass is 35.5. The van der Waals surface area contributed by atoms with E-state index in [2.05, 4.69) is 5.32 Å². The summed E-state index contributed by atoms with van der Waals surface area (Å²) in [6, 6.07) is 14.5. The number of fused-ring (bicyclic) bond motifs is 3. The van der Waals surface area contributed by atoms with Crippen LogP contribution in [0, 0.1) is 0 Å². The van der Waals surface area contributed by atoms with Crippen LogP contribution in [0.4, 0.5) is 5.69 Å². The van der Waals surface area contributed by atoms with Crippen LogP contribution in [0.3, 0.4) is 0 Å². The van der Waals surface area contributed by atoms with Crippen LogP contribution >= 0.6 is 11.6 Å². The number of nitrogens with zero attached hydrogens (tertiary/aromatic N) is 1. The zero-order chi connectivity index (χ0) is 25.5. The monoisotopic (exact) mass is 518 g/mol. The molecule has 2 aliphatic heterocycles. The zero-order valence-electron chi connectivity index (χ0n) is 19.3. The Morgan fingerprint density at radius 2 is 1.57 bits per heavy atom. The smallest absolute Gasteiger partial charge is 0.244 e. The number of ketones is 1. The maximum absolute atomic E-state index is 13.5. The lowest BCUT2D eigenvalue weighted by Crippen LogP contribution is -2.25. The summed E-state index contributed by atoms with van der Waals surface area (Å²) in [7, 11) is 0. The van der Waals surface area contributed by atoms with Crippen LogP contribution in [0.15, 0.2) is 65.6 Å². The molecule has 0 unspecified atom stereocenters. The van der Waals surface area contributed by atoms with E-state index in [4.69, 9.17) is 30.5 Å². The van der Waals surface area contributed by atoms with E-state index in [1.165, 1.54) is 6.20 Å². The lowest BCUT2D eigenvalue weighted by molar-refractivity contribution is -0.116. The summed E-state index contributed by atoms with van der Waals surface area (Å²) in [5.41, 5.74) is 0.699. The maximum Gasteiger partial charge on any atom is 0.244 e. The Bertz CT molecular complexity index is 1630. The normalized spacial score (nSPS) is 13.4. The van der Waals surface area contributed by atoms with Gasteiger partial charge in [0, 0.05) is 34.6 Å². The molecule has 2 aliphatic rings. The molecule has 6 rings (SSSR count). The van der Waals surface area contributed by atoms with Gasteiger partial charge in [0.15, 0.2) is 28.8 Å². The number of halogens is 1. The van der Waals surface area contributed by atoms with Crippen molar-refractivity contribution in [3.8, 4) is 23.0 Å². The number of rotatable bonds is 5. The molecule has 0 saturated carbocycles. The maximum atomic E-state index is 13.5. The molecular formula is C27H19ClN2O7. The molecule has 4 aromatic rings. The van der Waals surface area contributed by atoms with Crippen molar-refractivity contribution >= 4 is 39.9 Å². The van der Waals surface area contributed by atoms with Gasteiger partial charge in [-0.3, -0.25) is 14.4 Å². The first-order valence-corrected chi connectivity index (χ1v) is 11.8. The Morgan fingerprint density at radius 1 is 0.865 bits per heavy atom. The van der Waals surface area contributed by atoms with E-state index in [0.29, 0.717) is 58.0 Å². The second-order valence-electron chi connectivity index (χ2n) is 8.47. The molecule has 0 aliphatic carbocycles. The quantitative estimate of drug-likeness (QED) is 0.398. The predicted molar refractivity (Wildman–Crippen MR) is 135 cm³/mol. The summed E-state index contributed by atoms with van der Waals surface area (Å²) in [5, 5.41) is 3.52. The van der Waals surface area contributed by atoms with E-state index in [1.807, 2.05) is 0 Å². The van der Waals surface area contributed by atoms with Crippen molar-refractivity contribution in [3.05, 3.63) is 87.2 Å². The van der Waals surface area contributed by atoms with Crippen molar-refractivity contribution in [3.63, 3.8) is 0 Å². The minimum Gasteiger partial charge on any atom is -0.486 e. The van der Waals surface area contributed by atoms with Crippen LogP contribution in [0.25, 0.3) is 10.9 Å². The summed E-state index contributed by atoms with van der Waals surface area (Å²) >= 11 is 5.96. The van der Waals surface area contributed by atoms with Crippen LogP contribution in [0.1, 0.15) is 15.9 Å². The molecular weight excluding hydrogens is 500 g/mol. The van der Waals surface area contributed by atoms with Crippen LogP contribution < -0.4 is 29.7 Å². The largest absolute Gasteiger partial charge is 0.486 e. The molecule has 3 heterocycles. The van der Waals surface area contributed by atoms with Crippen LogP contribution in [0.5, 0.6) is 23.0 Å². The minimum atomic E-state index is -0.483. The van der Waals surface area contributed by atoms with E-state index in [1.54, 1.807) is 59.2 Å². The standard InChI is InChI=1S/C27H19ClN2O7/c28-16-3-1-15(2-4-16)26(32)19-12-30(13-25(31)29-17-5-6-21-22(9-17)37-14-36-21)20-11-24-23(34-7-8-35-24)10-18(20)27(19)33/h1-6,9-12H,7-8,13-14H2,(H,29,31). The van der Waals surface area contributed by atoms with Gasteiger partial charge in [-0.05, 0) is 42.5 Å². The Balaban J connectivity index is 1.41. The fraction of sp³-hybridized carbons (Fsp3) is 0.148. The average molecular weight is 519 g/mol. The minimum absolute atomic E-state index is 0.0811. The van der Waals surface area contributed by atoms with Gasteiger partial charge in [-0.1, -0.05) is 11.6 Å². The third-order valence-corrected chi connectivity index (χ3v) is 6.32. The number of anilines is 1. The number of carbonyl (C=O) groups excluding carboxylic acids is 2. The number of nitrogens with one attached hydrogen (secondary N) is 1. The van der Waals surface area contributed by atoms with Crippen molar-refractivity contribution in [1.29, 1.82) is 0 Å². The topological polar surface area (TPSA) is 105 Å². The number of aromatic nitrogens is 1. The van der Waals surface area contributed by atoms with Gasteiger partial charge in [-0.25, -0.2) is 0 Å². The highest BCUT2D eigenvalue weighted by Crippen LogP contribution is 2.35. The molecule has 186 valence electrons. The summed E-state index contributed by atoms with van der Waals surface area (Å²) in [4.78, 5) is 39.8. The molecule has 0 atom stereocenters. The number of carbonyl (C=O) groups is 2. The van der Waals surface area contributed by atoms with Gasteiger partial charge >= 0.3 is 0 Å². The number of pyridine rings is 1. The van der Waals surface area contributed by atoms with E-state index < -0.39 is 11.2 Å². The Morgan fingerprint density at radius 3 is 2.35 bits per heavy atom. The number of hydrogen-bond acceptors (Lipinski definition) is 7. The average Bonchev–Trinajstić information content (AvgIpc) is 3.37. The SMILES string of the molecule is O=C(Cn1cc(C(=O)c2ccc(Cl)cc2)c(=O)c2cc3c(cc21)OCCO3)Nc1ccc2c(c1)OCO2. The van der Waals surface area contributed by atoms with Gasteiger partial charge in [0.05, 0.1) is 16.5 Å². The van der Waals surface area contributed by atoms with Crippen molar-refractivity contribution in [2.24, 2.45) is 0 Å². The number of benzene rings is 3. The van der Waals surface area contributed by atoms with E-state index in [0.717, 1.165) is 0 Å². The lowest BCUT2D eigenvalue weighted by Gasteiger charge is -2.20. The van der Waals surface area contributed by atoms with Gasteiger partial charge in [0.1, 0.15) is 19.8 Å². The number of hydrogen-bond donors (Lipinski definition) is 1. The predicted octanol–water partition coefficient (Wildman–Crippen LogP) is 4.02. The van der Waals surface area contributed by atoms with E-state index in [9.17, 15) is 14.4 Å². The summed E-state index contributed by atoms with van der Waals surface area (Å²) < 4.78 is 23.6. The fourth-order valence-corrected chi connectivity index (χ4v) is 4.43. The van der Waals surface area contributed by atoms with Crippen LogP contribution in [0.2, 0.25) is 5.02 Å². The van der Waals surface area contributed by atoms with E-state index >= 15 is 0 Å².